The van der Waals surface area contributed by atoms with Crippen molar-refractivity contribution >= 4 is 38.9 Å². The predicted molar refractivity (Wildman–Crippen MR) is 114 cm³/mol. The van der Waals surface area contributed by atoms with E-state index in [4.69, 9.17) is 4.74 Å². The number of sulfonamides is 1. The average molecular weight is 420 g/mol. The Bertz CT molecular complexity index is 976. The Kier molecular flexibility index (Phi) is 7.60. The van der Waals surface area contributed by atoms with E-state index in [9.17, 15) is 18.0 Å². The number of carbonyl (C=O) groups excluding carboxylic acids is 2. The molecule has 0 spiro atoms. The number of hydrogen-bond acceptors (Lipinski definition) is 5. The topological polar surface area (TPSA) is 105 Å². The number of ether oxygens (including phenoxy) is 1. The van der Waals surface area contributed by atoms with Crippen molar-refractivity contribution in [2.75, 3.05) is 34.8 Å². The first-order chi connectivity index (χ1) is 13.7. The number of methoxy groups -OCH3 is 1. The van der Waals surface area contributed by atoms with Gasteiger partial charge in [0.2, 0.25) is 21.8 Å². The fraction of sp³-hybridized carbons (Fsp3) is 0.300. The molecule has 0 heterocycles. The first-order valence-corrected chi connectivity index (χ1v) is 10.8. The zero-order valence-electron chi connectivity index (χ0n) is 16.6. The molecule has 0 fully saturated rings. The van der Waals surface area contributed by atoms with Gasteiger partial charge in [-0.3, -0.25) is 13.9 Å². The maximum Gasteiger partial charge on any atom is 0.232 e. The second-order valence-electron chi connectivity index (χ2n) is 6.42. The molecule has 0 atom stereocenters. The maximum atomic E-state index is 12.2. The van der Waals surface area contributed by atoms with Crippen molar-refractivity contribution in [2.45, 2.75) is 19.8 Å². The van der Waals surface area contributed by atoms with E-state index in [0.29, 0.717) is 29.2 Å². The standard InChI is InChI=1S/C20H25N3O5S/c1-15(24)21-16-8-6-9-17(14-16)22-20(25)12-7-13-23(29(3,26)27)18-10-4-5-11-19(18)28-2/h4-6,8-11,14H,7,12-13H2,1-3H3,(H,21,24)(H,22,25). The summed E-state index contributed by atoms with van der Waals surface area (Å²) < 4.78 is 30.9. The van der Waals surface area contributed by atoms with Crippen LogP contribution in [0.5, 0.6) is 5.75 Å². The zero-order valence-corrected chi connectivity index (χ0v) is 17.5. The molecule has 2 amide bonds. The molecule has 2 N–H and O–H groups in total. The molecule has 0 aromatic heterocycles. The van der Waals surface area contributed by atoms with Crippen LogP contribution >= 0.6 is 0 Å². The number of carbonyl (C=O) groups is 2. The molecule has 156 valence electrons. The number of amides is 2. The molecule has 0 aliphatic rings. The Morgan fingerprint density at radius 3 is 2.31 bits per heavy atom. The predicted octanol–water partition coefficient (Wildman–Crippen LogP) is 2.84. The van der Waals surface area contributed by atoms with E-state index in [2.05, 4.69) is 10.6 Å². The van der Waals surface area contributed by atoms with E-state index in [-0.39, 0.29) is 24.8 Å². The summed E-state index contributed by atoms with van der Waals surface area (Å²) >= 11 is 0. The number of hydrogen-bond donors (Lipinski definition) is 2. The molecule has 8 nitrogen and oxygen atoms in total. The molecular formula is C20H25N3O5S. The van der Waals surface area contributed by atoms with Gasteiger partial charge in [-0.1, -0.05) is 18.2 Å². The van der Waals surface area contributed by atoms with Crippen molar-refractivity contribution in [3.8, 4) is 5.75 Å². The highest BCUT2D eigenvalue weighted by Gasteiger charge is 2.20. The second-order valence-corrected chi connectivity index (χ2v) is 8.33. The normalized spacial score (nSPS) is 10.9. The third kappa shape index (κ3) is 6.79. The van der Waals surface area contributed by atoms with Gasteiger partial charge in [0.25, 0.3) is 0 Å². The zero-order chi connectivity index (χ0) is 21.4. The van der Waals surface area contributed by atoms with Crippen LogP contribution in [0.2, 0.25) is 0 Å². The molecule has 2 aromatic carbocycles. The smallest absolute Gasteiger partial charge is 0.232 e. The van der Waals surface area contributed by atoms with Crippen LogP contribution in [0.1, 0.15) is 19.8 Å². The summed E-state index contributed by atoms with van der Waals surface area (Å²) in [6.07, 6.45) is 1.57. The van der Waals surface area contributed by atoms with Crippen molar-refractivity contribution < 1.29 is 22.7 Å². The number of anilines is 3. The molecule has 2 aromatic rings. The van der Waals surface area contributed by atoms with E-state index in [1.807, 2.05) is 0 Å². The van der Waals surface area contributed by atoms with Gasteiger partial charge >= 0.3 is 0 Å². The quantitative estimate of drug-likeness (QED) is 0.650. The minimum absolute atomic E-state index is 0.130. The summed E-state index contributed by atoms with van der Waals surface area (Å²) in [6.45, 7) is 1.54. The Hall–Kier alpha value is -3.07. The molecular weight excluding hydrogens is 394 g/mol. The van der Waals surface area contributed by atoms with E-state index in [1.54, 1.807) is 48.5 Å². The van der Waals surface area contributed by atoms with E-state index in [0.717, 1.165) is 6.26 Å². The number of nitrogens with one attached hydrogen (secondary N) is 2. The van der Waals surface area contributed by atoms with Crippen molar-refractivity contribution in [3.05, 3.63) is 48.5 Å². The van der Waals surface area contributed by atoms with Gasteiger partial charge in [0, 0.05) is 31.3 Å². The molecule has 2 rings (SSSR count). The molecule has 0 bridgehead atoms. The van der Waals surface area contributed by atoms with E-state index >= 15 is 0 Å². The lowest BCUT2D eigenvalue weighted by molar-refractivity contribution is -0.116. The van der Waals surface area contributed by atoms with Crippen molar-refractivity contribution in [3.63, 3.8) is 0 Å². The molecule has 0 aliphatic carbocycles. The second kappa shape index (κ2) is 9.92. The summed E-state index contributed by atoms with van der Waals surface area (Å²) in [5.74, 6) is -0.0127. The fourth-order valence-corrected chi connectivity index (χ4v) is 3.75. The molecule has 0 aliphatic heterocycles. The van der Waals surface area contributed by atoms with E-state index in [1.165, 1.54) is 18.3 Å². The van der Waals surface area contributed by atoms with Crippen LogP contribution in [0.25, 0.3) is 0 Å². The van der Waals surface area contributed by atoms with Crippen molar-refractivity contribution in [1.29, 1.82) is 0 Å². The minimum atomic E-state index is -3.54. The van der Waals surface area contributed by atoms with Crippen LogP contribution in [-0.2, 0) is 19.6 Å². The van der Waals surface area contributed by atoms with Crippen LogP contribution in [0, 0.1) is 0 Å². The summed E-state index contributed by atoms with van der Waals surface area (Å²) in [4.78, 5) is 23.4. The van der Waals surface area contributed by atoms with Crippen molar-refractivity contribution in [1.82, 2.24) is 0 Å². The van der Waals surface area contributed by atoms with Gasteiger partial charge in [-0.25, -0.2) is 8.42 Å². The lowest BCUT2D eigenvalue weighted by Gasteiger charge is -2.24. The maximum absolute atomic E-state index is 12.2. The van der Waals surface area contributed by atoms with Crippen LogP contribution in [0.15, 0.2) is 48.5 Å². The van der Waals surface area contributed by atoms with Gasteiger partial charge in [-0.05, 0) is 36.8 Å². The van der Waals surface area contributed by atoms with Crippen LogP contribution in [0.3, 0.4) is 0 Å². The third-order valence-electron chi connectivity index (χ3n) is 3.99. The van der Waals surface area contributed by atoms with Gasteiger partial charge < -0.3 is 15.4 Å². The lowest BCUT2D eigenvalue weighted by Crippen LogP contribution is -2.31. The number of rotatable bonds is 9. The summed E-state index contributed by atoms with van der Waals surface area (Å²) in [7, 11) is -2.07. The first-order valence-electron chi connectivity index (χ1n) is 8.99. The Morgan fingerprint density at radius 2 is 1.69 bits per heavy atom. The minimum Gasteiger partial charge on any atom is -0.495 e. The number of benzene rings is 2. The summed E-state index contributed by atoms with van der Waals surface area (Å²) in [5.41, 5.74) is 1.56. The average Bonchev–Trinajstić information content (AvgIpc) is 2.64. The number of para-hydroxylation sites is 2. The SMILES string of the molecule is COc1ccccc1N(CCCC(=O)Nc1cccc(NC(C)=O)c1)S(C)(=O)=O. The molecule has 29 heavy (non-hydrogen) atoms. The highest BCUT2D eigenvalue weighted by atomic mass is 32.2. The van der Waals surface area contributed by atoms with Gasteiger partial charge in [0.15, 0.2) is 0 Å². The molecule has 0 saturated heterocycles. The Balaban J connectivity index is 1.99. The number of nitrogens with zero attached hydrogens (tertiary/aromatic N) is 1. The Morgan fingerprint density at radius 1 is 1.03 bits per heavy atom. The summed E-state index contributed by atoms with van der Waals surface area (Å²) in [5, 5.41) is 5.39. The van der Waals surface area contributed by atoms with Crippen molar-refractivity contribution in [2.24, 2.45) is 0 Å². The Labute approximate surface area is 170 Å². The van der Waals surface area contributed by atoms with Gasteiger partial charge in [-0.15, -0.1) is 0 Å². The molecule has 9 heteroatoms. The van der Waals surface area contributed by atoms with E-state index < -0.39 is 10.0 Å². The molecule has 0 radical (unpaired) electrons. The molecule has 0 unspecified atom stereocenters. The largest absolute Gasteiger partial charge is 0.495 e. The summed E-state index contributed by atoms with van der Waals surface area (Å²) in [6, 6.07) is 13.6. The fourth-order valence-electron chi connectivity index (χ4n) is 2.79. The highest BCUT2D eigenvalue weighted by Crippen LogP contribution is 2.29. The van der Waals surface area contributed by atoms with Gasteiger partial charge in [0.05, 0.1) is 19.1 Å². The van der Waals surface area contributed by atoms with Crippen LogP contribution in [-0.4, -0.2) is 40.1 Å². The van der Waals surface area contributed by atoms with Gasteiger partial charge in [0.1, 0.15) is 5.75 Å². The molecule has 0 saturated carbocycles. The first kappa shape index (κ1) is 22.2. The third-order valence-corrected chi connectivity index (χ3v) is 5.17. The van der Waals surface area contributed by atoms with Crippen LogP contribution in [0.4, 0.5) is 17.1 Å². The lowest BCUT2D eigenvalue weighted by atomic mass is 10.2. The monoisotopic (exact) mass is 419 g/mol. The van der Waals surface area contributed by atoms with Gasteiger partial charge in [-0.2, -0.15) is 0 Å². The highest BCUT2D eigenvalue weighted by molar-refractivity contribution is 7.92. The van der Waals surface area contributed by atoms with Crippen LogP contribution < -0.4 is 19.7 Å².